The molecule has 2 heteroatoms. The highest BCUT2D eigenvalue weighted by molar-refractivity contribution is 5.81. The molecule has 0 radical (unpaired) electrons. The number of ether oxygens (including phenoxy) is 1. The number of carbonyl (C=O) groups is 1. The first kappa shape index (κ1) is 10.7. The lowest BCUT2D eigenvalue weighted by Crippen LogP contribution is -2.38. The predicted molar refractivity (Wildman–Crippen MR) is 59.3 cm³/mol. The predicted octanol–water partition coefficient (Wildman–Crippen LogP) is 2.93. The number of fused-ring (bicyclic) bond motifs is 2. The van der Waals surface area contributed by atoms with E-state index in [0.717, 1.165) is 6.42 Å². The Bertz CT molecular complexity index is 306. The fraction of sp³-hybridized carbons (Fsp3) is 0.769. The Morgan fingerprint density at radius 1 is 1.47 bits per heavy atom. The van der Waals surface area contributed by atoms with Crippen LogP contribution in [0.1, 0.15) is 40.0 Å². The molecule has 2 aliphatic rings. The first-order valence-corrected chi connectivity index (χ1v) is 5.75. The van der Waals surface area contributed by atoms with Crippen molar-refractivity contribution in [1.29, 1.82) is 0 Å². The van der Waals surface area contributed by atoms with Crippen LogP contribution in [0.4, 0.5) is 0 Å². The van der Waals surface area contributed by atoms with E-state index >= 15 is 0 Å². The van der Waals surface area contributed by atoms with Crippen molar-refractivity contribution in [2.45, 2.75) is 46.1 Å². The van der Waals surface area contributed by atoms with Crippen molar-refractivity contribution in [2.75, 3.05) is 0 Å². The molecule has 0 spiro atoms. The number of carbonyl (C=O) groups excluding carboxylic acids is 1. The van der Waals surface area contributed by atoms with Crippen LogP contribution in [-0.2, 0) is 9.53 Å². The van der Waals surface area contributed by atoms with Crippen LogP contribution < -0.4 is 0 Å². The van der Waals surface area contributed by atoms with Gasteiger partial charge >= 0.3 is 5.97 Å². The summed E-state index contributed by atoms with van der Waals surface area (Å²) >= 11 is 0. The molecule has 2 aliphatic carbocycles. The topological polar surface area (TPSA) is 26.3 Å². The highest BCUT2D eigenvalue weighted by Crippen LogP contribution is 2.66. The Balaban J connectivity index is 2.19. The van der Waals surface area contributed by atoms with E-state index < -0.39 is 0 Å². The largest absolute Gasteiger partial charge is 0.459 e. The van der Waals surface area contributed by atoms with Gasteiger partial charge in [0.25, 0.3) is 0 Å². The van der Waals surface area contributed by atoms with Gasteiger partial charge < -0.3 is 4.74 Å². The van der Waals surface area contributed by atoms with E-state index in [-0.39, 0.29) is 17.5 Å². The maximum absolute atomic E-state index is 11.3. The first-order chi connectivity index (χ1) is 6.91. The molecule has 15 heavy (non-hydrogen) atoms. The number of esters is 1. The lowest BCUT2D eigenvalue weighted by atomic mass is 9.70. The highest BCUT2D eigenvalue weighted by atomic mass is 16.5. The Kier molecular flexibility index (Phi) is 2.21. The Morgan fingerprint density at radius 3 is 2.53 bits per heavy atom. The van der Waals surface area contributed by atoms with Crippen molar-refractivity contribution in [2.24, 2.45) is 16.7 Å². The van der Waals surface area contributed by atoms with Gasteiger partial charge in [0, 0.05) is 11.5 Å². The molecule has 0 N–H and O–H groups in total. The van der Waals surface area contributed by atoms with Crippen LogP contribution in [0, 0.1) is 16.7 Å². The normalized spacial score (nSPS) is 41.5. The quantitative estimate of drug-likeness (QED) is 0.515. The summed E-state index contributed by atoms with van der Waals surface area (Å²) in [4.78, 5) is 11.3. The van der Waals surface area contributed by atoms with Crippen molar-refractivity contribution in [3.05, 3.63) is 12.7 Å². The molecule has 2 bridgehead atoms. The van der Waals surface area contributed by atoms with Crippen LogP contribution >= 0.6 is 0 Å². The van der Waals surface area contributed by atoms with E-state index in [2.05, 4.69) is 27.4 Å². The maximum Gasteiger partial charge on any atom is 0.330 e. The fourth-order valence-corrected chi connectivity index (χ4v) is 3.50. The fourth-order valence-electron chi connectivity index (χ4n) is 3.50. The molecule has 0 saturated heterocycles. The molecule has 2 saturated carbocycles. The number of hydrogen-bond donors (Lipinski definition) is 0. The van der Waals surface area contributed by atoms with Crippen molar-refractivity contribution in [3.8, 4) is 0 Å². The van der Waals surface area contributed by atoms with E-state index in [1.807, 2.05) is 0 Å². The summed E-state index contributed by atoms with van der Waals surface area (Å²) in [5, 5.41) is 0. The molecule has 2 nitrogen and oxygen atoms in total. The summed E-state index contributed by atoms with van der Waals surface area (Å²) in [5.41, 5.74) is 0.468. The lowest BCUT2D eigenvalue weighted by molar-refractivity contribution is -0.150. The summed E-state index contributed by atoms with van der Waals surface area (Å²) in [6, 6.07) is 0. The Morgan fingerprint density at radius 2 is 2.13 bits per heavy atom. The molecule has 0 aliphatic heterocycles. The maximum atomic E-state index is 11.3. The standard InChI is InChI=1S/C13H20O2/c1-5-11(14)15-10-8-9-6-7-13(10,4)12(9,2)3/h5,9-10H,1,6-8H2,2-4H3/t9-,10+,13-/m1/s1. The summed E-state index contributed by atoms with van der Waals surface area (Å²) in [6.45, 7) is 10.3. The Labute approximate surface area is 91.7 Å². The zero-order chi connectivity index (χ0) is 11.3. The van der Waals surface area contributed by atoms with Crippen LogP contribution in [0.15, 0.2) is 12.7 Å². The van der Waals surface area contributed by atoms with Gasteiger partial charge in [0.1, 0.15) is 6.10 Å². The number of rotatable bonds is 2. The molecule has 0 aromatic rings. The molecule has 84 valence electrons. The van der Waals surface area contributed by atoms with Gasteiger partial charge in [-0.2, -0.15) is 0 Å². The summed E-state index contributed by atoms with van der Waals surface area (Å²) in [5.74, 6) is 0.440. The van der Waals surface area contributed by atoms with Gasteiger partial charge in [0.05, 0.1) is 0 Å². The van der Waals surface area contributed by atoms with Gasteiger partial charge in [0.2, 0.25) is 0 Å². The van der Waals surface area contributed by atoms with Crippen molar-refractivity contribution >= 4 is 5.97 Å². The van der Waals surface area contributed by atoms with Crippen LogP contribution in [0.2, 0.25) is 0 Å². The average molecular weight is 208 g/mol. The van der Waals surface area contributed by atoms with Gasteiger partial charge in [-0.15, -0.1) is 0 Å². The summed E-state index contributed by atoms with van der Waals surface area (Å²) in [6.07, 6.45) is 4.85. The zero-order valence-corrected chi connectivity index (χ0v) is 9.88. The minimum atomic E-state index is -0.274. The SMILES string of the molecule is C=CC(=O)O[C@H]1C[C@H]2CC[C@@]1(C)C2(C)C. The van der Waals surface area contributed by atoms with Crippen LogP contribution in [-0.4, -0.2) is 12.1 Å². The molecule has 0 unspecified atom stereocenters. The van der Waals surface area contributed by atoms with Gasteiger partial charge in [-0.1, -0.05) is 27.4 Å². The highest BCUT2D eigenvalue weighted by Gasteiger charge is 2.62. The summed E-state index contributed by atoms with van der Waals surface area (Å²) in [7, 11) is 0. The van der Waals surface area contributed by atoms with Crippen molar-refractivity contribution < 1.29 is 9.53 Å². The van der Waals surface area contributed by atoms with Gasteiger partial charge in [-0.3, -0.25) is 0 Å². The molecule has 3 atom stereocenters. The molecular formula is C13H20O2. The van der Waals surface area contributed by atoms with Gasteiger partial charge in [-0.25, -0.2) is 4.79 Å². The molecule has 0 amide bonds. The van der Waals surface area contributed by atoms with Crippen molar-refractivity contribution in [1.82, 2.24) is 0 Å². The second-order valence-electron chi connectivity index (χ2n) is 5.74. The minimum Gasteiger partial charge on any atom is -0.459 e. The average Bonchev–Trinajstić information content (AvgIpc) is 2.50. The second-order valence-corrected chi connectivity index (χ2v) is 5.74. The lowest BCUT2D eigenvalue weighted by Gasteiger charge is -2.38. The van der Waals surface area contributed by atoms with E-state index in [1.54, 1.807) is 0 Å². The first-order valence-electron chi connectivity index (χ1n) is 5.75. The van der Waals surface area contributed by atoms with E-state index in [0.29, 0.717) is 11.3 Å². The van der Waals surface area contributed by atoms with Crippen LogP contribution in [0.3, 0.4) is 0 Å². The molecule has 0 heterocycles. The molecule has 0 aromatic heterocycles. The van der Waals surface area contributed by atoms with Gasteiger partial charge in [-0.05, 0) is 30.6 Å². The Hall–Kier alpha value is -0.790. The second kappa shape index (κ2) is 3.10. The van der Waals surface area contributed by atoms with Crippen molar-refractivity contribution in [3.63, 3.8) is 0 Å². The molecule has 2 rings (SSSR count). The van der Waals surface area contributed by atoms with Crippen LogP contribution in [0.5, 0.6) is 0 Å². The summed E-state index contributed by atoms with van der Waals surface area (Å²) < 4.78 is 5.48. The number of hydrogen-bond acceptors (Lipinski definition) is 2. The molecule has 2 fully saturated rings. The third-order valence-corrected chi connectivity index (χ3v) is 5.14. The molecule has 0 aromatic carbocycles. The minimum absolute atomic E-state index is 0.0942. The van der Waals surface area contributed by atoms with E-state index in [9.17, 15) is 4.79 Å². The third-order valence-electron chi connectivity index (χ3n) is 5.14. The van der Waals surface area contributed by atoms with Crippen LogP contribution in [0.25, 0.3) is 0 Å². The third kappa shape index (κ3) is 1.27. The van der Waals surface area contributed by atoms with Gasteiger partial charge in [0.15, 0.2) is 0 Å². The zero-order valence-electron chi connectivity index (χ0n) is 9.88. The molecular weight excluding hydrogens is 188 g/mol. The monoisotopic (exact) mass is 208 g/mol. The smallest absolute Gasteiger partial charge is 0.330 e. The van der Waals surface area contributed by atoms with E-state index in [1.165, 1.54) is 18.9 Å². The van der Waals surface area contributed by atoms with E-state index in [4.69, 9.17) is 4.74 Å².